The van der Waals surface area contributed by atoms with Gasteiger partial charge >= 0.3 is 0 Å². The Hall–Kier alpha value is -2.04. The molecule has 0 radical (unpaired) electrons. The Morgan fingerprint density at radius 3 is 2.42 bits per heavy atom. The Kier molecular flexibility index (Phi) is 5.85. The minimum Gasteiger partial charge on any atom is -0.497 e. The lowest BCUT2D eigenvalue weighted by molar-refractivity contribution is -0.133. The van der Waals surface area contributed by atoms with Crippen molar-refractivity contribution in [3.05, 3.63) is 24.3 Å². The number of nitrogens with zero attached hydrogens (tertiary/aromatic N) is 1. The smallest absolute Gasteiger partial charge is 0.243 e. The standard InChI is InChI=1S/C14H20N2O3/c1-4-5-14(18)16(2)10-13(17)15-11-6-8-12(19-3)9-7-11/h6-9H,4-5,10H2,1-3H3,(H,15,17). The molecule has 0 aromatic heterocycles. The molecule has 5 nitrogen and oxygen atoms in total. The number of carbonyl (C=O) groups is 2. The third kappa shape index (κ3) is 4.99. The Balaban J connectivity index is 2.48. The molecule has 0 spiro atoms. The molecule has 104 valence electrons. The molecule has 0 saturated carbocycles. The molecular weight excluding hydrogens is 244 g/mol. The van der Waals surface area contributed by atoms with Crippen molar-refractivity contribution in [2.24, 2.45) is 0 Å². The highest BCUT2D eigenvalue weighted by Gasteiger charge is 2.11. The van der Waals surface area contributed by atoms with Crippen LogP contribution in [-0.2, 0) is 9.59 Å². The third-order valence-corrected chi connectivity index (χ3v) is 2.64. The largest absolute Gasteiger partial charge is 0.497 e. The monoisotopic (exact) mass is 264 g/mol. The van der Waals surface area contributed by atoms with Gasteiger partial charge in [-0.3, -0.25) is 9.59 Å². The number of hydrogen-bond acceptors (Lipinski definition) is 3. The topological polar surface area (TPSA) is 58.6 Å². The van der Waals surface area contributed by atoms with Crippen LogP contribution in [0.1, 0.15) is 19.8 Å². The average Bonchev–Trinajstić information content (AvgIpc) is 2.39. The van der Waals surface area contributed by atoms with Crippen molar-refractivity contribution in [2.45, 2.75) is 19.8 Å². The van der Waals surface area contributed by atoms with Crippen LogP contribution < -0.4 is 10.1 Å². The Labute approximate surface area is 113 Å². The first-order valence-corrected chi connectivity index (χ1v) is 6.24. The predicted molar refractivity (Wildman–Crippen MR) is 74.2 cm³/mol. The lowest BCUT2D eigenvalue weighted by Gasteiger charge is -2.16. The summed E-state index contributed by atoms with van der Waals surface area (Å²) in [5, 5.41) is 2.73. The van der Waals surface area contributed by atoms with Gasteiger partial charge in [0.1, 0.15) is 5.75 Å². The zero-order valence-electron chi connectivity index (χ0n) is 11.6. The van der Waals surface area contributed by atoms with E-state index in [-0.39, 0.29) is 18.4 Å². The van der Waals surface area contributed by atoms with Crippen molar-refractivity contribution in [3.63, 3.8) is 0 Å². The molecule has 0 aliphatic rings. The summed E-state index contributed by atoms with van der Waals surface area (Å²) < 4.78 is 5.03. The maximum Gasteiger partial charge on any atom is 0.243 e. The molecular formula is C14H20N2O3. The molecule has 0 bridgehead atoms. The molecule has 1 aromatic rings. The fourth-order valence-electron chi connectivity index (χ4n) is 1.58. The van der Waals surface area contributed by atoms with Gasteiger partial charge in [0.25, 0.3) is 0 Å². The van der Waals surface area contributed by atoms with E-state index in [1.165, 1.54) is 4.90 Å². The molecule has 0 atom stereocenters. The summed E-state index contributed by atoms with van der Waals surface area (Å²) in [6.07, 6.45) is 1.25. The number of ether oxygens (including phenoxy) is 1. The average molecular weight is 264 g/mol. The van der Waals surface area contributed by atoms with E-state index in [9.17, 15) is 9.59 Å². The predicted octanol–water partition coefficient (Wildman–Crippen LogP) is 1.89. The zero-order valence-corrected chi connectivity index (χ0v) is 11.6. The fourth-order valence-corrected chi connectivity index (χ4v) is 1.58. The van der Waals surface area contributed by atoms with Crippen molar-refractivity contribution in [2.75, 3.05) is 26.0 Å². The lowest BCUT2D eigenvalue weighted by Crippen LogP contribution is -2.34. The number of methoxy groups -OCH3 is 1. The number of anilines is 1. The van der Waals surface area contributed by atoms with Gasteiger partial charge in [-0.25, -0.2) is 0 Å². The van der Waals surface area contributed by atoms with Gasteiger partial charge in [-0.15, -0.1) is 0 Å². The Morgan fingerprint density at radius 2 is 1.89 bits per heavy atom. The van der Waals surface area contributed by atoms with E-state index in [0.29, 0.717) is 12.1 Å². The molecule has 0 unspecified atom stereocenters. The van der Waals surface area contributed by atoms with E-state index in [4.69, 9.17) is 4.74 Å². The van der Waals surface area contributed by atoms with Crippen LogP contribution in [-0.4, -0.2) is 37.4 Å². The van der Waals surface area contributed by atoms with Gasteiger partial charge < -0.3 is 15.0 Å². The van der Waals surface area contributed by atoms with Gasteiger partial charge in [-0.1, -0.05) is 6.92 Å². The van der Waals surface area contributed by atoms with E-state index >= 15 is 0 Å². The van der Waals surface area contributed by atoms with Gasteiger partial charge in [0.05, 0.1) is 13.7 Å². The summed E-state index contributed by atoms with van der Waals surface area (Å²) in [7, 11) is 3.22. The minimum atomic E-state index is -0.211. The second-order valence-electron chi connectivity index (χ2n) is 4.28. The van der Waals surface area contributed by atoms with Gasteiger partial charge in [0, 0.05) is 19.2 Å². The molecule has 2 amide bonds. The molecule has 0 fully saturated rings. The SMILES string of the molecule is CCCC(=O)N(C)CC(=O)Nc1ccc(OC)cc1. The Bertz CT molecular complexity index is 429. The van der Waals surface area contributed by atoms with Crippen LogP contribution in [0.3, 0.4) is 0 Å². The van der Waals surface area contributed by atoms with E-state index in [1.807, 2.05) is 6.92 Å². The van der Waals surface area contributed by atoms with Crippen LogP contribution in [0.5, 0.6) is 5.75 Å². The van der Waals surface area contributed by atoms with Crippen molar-refractivity contribution in [1.82, 2.24) is 4.90 Å². The first-order chi connectivity index (χ1) is 9.06. The highest BCUT2D eigenvalue weighted by Crippen LogP contribution is 2.14. The van der Waals surface area contributed by atoms with Crippen LogP contribution in [0.15, 0.2) is 24.3 Å². The highest BCUT2D eigenvalue weighted by molar-refractivity contribution is 5.94. The van der Waals surface area contributed by atoms with Crippen molar-refractivity contribution in [1.29, 1.82) is 0 Å². The molecule has 0 aliphatic heterocycles. The minimum absolute atomic E-state index is 0.0209. The molecule has 19 heavy (non-hydrogen) atoms. The van der Waals surface area contributed by atoms with Crippen molar-refractivity contribution < 1.29 is 14.3 Å². The maximum atomic E-state index is 11.7. The summed E-state index contributed by atoms with van der Waals surface area (Å²) in [5.74, 6) is 0.498. The van der Waals surface area contributed by atoms with Crippen LogP contribution in [0.25, 0.3) is 0 Å². The second kappa shape index (κ2) is 7.41. The number of amides is 2. The van der Waals surface area contributed by atoms with E-state index in [0.717, 1.165) is 12.2 Å². The summed E-state index contributed by atoms with van der Waals surface area (Å²) in [6.45, 7) is 1.99. The number of carbonyl (C=O) groups excluding carboxylic acids is 2. The van der Waals surface area contributed by atoms with E-state index in [2.05, 4.69) is 5.32 Å². The first-order valence-electron chi connectivity index (χ1n) is 6.24. The zero-order chi connectivity index (χ0) is 14.3. The van der Waals surface area contributed by atoms with Crippen LogP contribution >= 0.6 is 0 Å². The van der Waals surface area contributed by atoms with Crippen molar-refractivity contribution >= 4 is 17.5 Å². The van der Waals surface area contributed by atoms with Crippen LogP contribution in [0, 0.1) is 0 Å². The van der Waals surface area contributed by atoms with Gasteiger partial charge in [0.2, 0.25) is 11.8 Å². The number of hydrogen-bond donors (Lipinski definition) is 1. The molecule has 0 saturated heterocycles. The van der Waals surface area contributed by atoms with Gasteiger partial charge in [-0.2, -0.15) is 0 Å². The lowest BCUT2D eigenvalue weighted by atomic mass is 10.3. The molecule has 1 N–H and O–H groups in total. The molecule has 1 aromatic carbocycles. The third-order valence-electron chi connectivity index (χ3n) is 2.64. The second-order valence-corrected chi connectivity index (χ2v) is 4.28. The normalized spacial score (nSPS) is 9.84. The van der Waals surface area contributed by atoms with E-state index < -0.39 is 0 Å². The maximum absolute atomic E-state index is 11.7. The quantitative estimate of drug-likeness (QED) is 0.853. The fraction of sp³-hybridized carbons (Fsp3) is 0.429. The van der Waals surface area contributed by atoms with E-state index in [1.54, 1.807) is 38.4 Å². The van der Waals surface area contributed by atoms with Crippen molar-refractivity contribution in [3.8, 4) is 5.75 Å². The summed E-state index contributed by atoms with van der Waals surface area (Å²) in [6, 6.07) is 7.04. The van der Waals surface area contributed by atoms with Gasteiger partial charge in [-0.05, 0) is 30.7 Å². The number of benzene rings is 1. The van der Waals surface area contributed by atoms with Crippen LogP contribution in [0.4, 0.5) is 5.69 Å². The molecule has 0 aliphatic carbocycles. The Morgan fingerprint density at radius 1 is 1.26 bits per heavy atom. The highest BCUT2D eigenvalue weighted by atomic mass is 16.5. The first kappa shape index (κ1) is 15.0. The summed E-state index contributed by atoms with van der Waals surface area (Å²) >= 11 is 0. The van der Waals surface area contributed by atoms with Gasteiger partial charge in [0.15, 0.2) is 0 Å². The summed E-state index contributed by atoms with van der Waals surface area (Å²) in [5.41, 5.74) is 0.683. The summed E-state index contributed by atoms with van der Waals surface area (Å²) in [4.78, 5) is 24.7. The molecule has 1 rings (SSSR count). The van der Waals surface area contributed by atoms with Crippen LogP contribution in [0.2, 0.25) is 0 Å². The number of likely N-dealkylation sites (N-methyl/N-ethyl adjacent to an activating group) is 1. The molecule has 5 heteroatoms. The number of nitrogens with one attached hydrogen (secondary N) is 1. The molecule has 0 heterocycles. The number of rotatable bonds is 6.